The average molecular weight is 283 g/mol. The number of nitrogens with zero attached hydrogens (tertiary/aromatic N) is 1. The van der Waals surface area contributed by atoms with Crippen molar-refractivity contribution < 1.29 is 0 Å². The highest BCUT2D eigenvalue weighted by Gasteiger charge is 2.22. The molecule has 1 heterocycles. The molecule has 0 atom stereocenters. The van der Waals surface area contributed by atoms with Crippen molar-refractivity contribution in [2.24, 2.45) is 0 Å². The molecule has 0 unspecified atom stereocenters. The minimum Gasteiger partial charge on any atom is -0.224 e. The Bertz CT molecular complexity index is 312. The minimum atomic E-state index is -0.0192. The summed E-state index contributed by atoms with van der Waals surface area (Å²) < 4.78 is 0. The van der Waals surface area contributed by atoms with Gasteiger partial charge in [0, 0.05) is 10.7 Å². The van der Waals surface area contributed by atoms with Crippen molar-refractivity contribution in [3.8, 4) is 0 Å². The van der Waals surface area contributed by atoms with Gasteiger partial charge in [0.15, 0.2) is 0 Å². The molecule has 0 bridgehead atoms. The first-order valence-corrected chi connectivity index (χ1v) is 5.73. The van der Waals surface area contributed by atoms with Crippen molar-refractivity contribution in [2.45, 2.75) is 19.3 Å². The summed E-state index contributed by atoms with van der Waals surface area (Å²) in [6, 6.07) is 3.67. The zero-order valence-electron chi connectivity index (χ0n) is 7.44. The molecule has 1 nitrogen and oxygen atoms in total. The molecular weight excluding hydrogens is 273 g/mol. The predicted molar refractivity (Wildman–Crippen MR) is 61.1 cm³/mol. The molecule has 0 saturated heterocycles. The largest absolute Gasteiger partial charge is 0.224 e. The molecule has 0 radical (unpaired) electrons. The van der Waals surface area contributed by atoms with E-state index in [1.807, 2.05) is 6.07 Å². The highest BCUT2D eigenvalue weighted by molar-refractivity contribution is 9.09. The lowest BCUT2D eigenvalue weighted by Gasteiger charge is -2.22. The lowest BCUT2D eigenvalue weighted by Crippen LogP contribution is -2.19. The fraction of sp³-hybridized carbons (Fsp3) is 0.444. The van der Waals surface area contributed by atoms with Gasteiger partial charge >= 0.3 is 0 Å². The van der Waals surface area contributed by atoms with Crippen LogP contribution in [0.4, 0.5) is 0 Å². The molecule has 1 aromatic heterocycles. The van der Waals surface area contributed by atoms with Crippen molar-refractivity contribution in [3.63, 3.8) is 0 Å². The minimum absolute atomic E-state index is 0.0192. The van der Waals surface area contributed by atoms with Crippen LogP contribution in [-0.2, 0) is 5.41 Å². The lowest BCUT2D eigenvalue weighted by molar-refractivity contribution is 0.604. The fourth-order valence-electron chi connectivity index (χ4n) is 0.989. The maximum atomic E-state index is 5.98. The Hall–Kier alpha value is 0.210. The van der Waals surface area contributed by atoms with Crippen LogP contribution in [0.3, 0.4) is 0 Å². The van der Waals surface area contributed by atoms with Gasteiger partial charge in [-0.3, -0.25) is 0 Å². The summed E-state index contributed by atoms with van der Waals surface area (Å²) in [5, 5.41) is 1.75. The molecule has 1 rings (SSSR count). The van der Waals surface area contributed by atoms with Crippen LogP contribution in [0.25, 0.3) is 0 Å². The smallest absolute Gasteiger partial charge is 0.134 e. The third-order valence-corrected chi connectivity index (χ3v) is 3.78. The van der Waals surface area contributed by atoms with E-state index in [0.717, 1.165) is 10.9 Å². The SMILES string of the molecule is CC(C)(CBr)c1ccc(Cl)nc1Cl. The predicted octanol–water partition coefficient (Wildman–Crippen LogP) is 4.06. The second kappa shape index (κ2) is 4.16. The van der Waals surface area contributed by atoms with E-state index in [-0.39, 0.29) is 5.41 Å². The molecule has 0 N–H and O–H groups in total. The number of hydrogen-bond donors (Lipinski definition) is 0. The van der Waals surface area contributed by atoms with E-state index < -0.39 is 0 Å². The van der Waals surface area contributed by atoms with Crippen molar-refractivity contribution in [1.29, 1.82) is 0 Å². The Labute approximate surface area is 96.6 Å². The highest BCUT2D eigenvalue weighted by atomic mass is 79.9. The first-order chi connectivity index (χ1) is 5.97. The van der Waals surface area contributed by atoms with E-state index in [4.69, 9.17) is 23.2 Å². The lowest BCUT2D eigenvalue weighted by atomic mass is 9.88. The van der Waals surface area contributed by atoms with E-state index in [0.29, 0.717) is 10.3 Å². The van der Waals surface area contributed by atoms with E-state index in [1.54, 1.807) is 6.07 Å². The topological polar surface area (TPSA) is 12.9 Å². The Balaban J connectivity index is 3.16. The number of pyridine rings is 1. The highest BCUT2D eigenvalue weighted by Crippen LogP contribution is 2.30. The van der Waals surface area contributed by atoms with Gasteiger partial charge in [0.25, 0.3) is 0 Å². The number of rotatable bonds is 2. The first-order valence-electron chi connectivity index (χ1n) is 3.86. The number of hydrogen-bond acceptors (Lipinski definition) is 1. The monoisotopic (exact) mass is 281 g/mol. The van der Waals surface area contributed by atoms with Crippen LogP contribution in [0.1, 0.15) is 19.4 Å². The average Bonchev–Trinajstić information content (AvgIpc) is 2.03. The van der Waals surface area contributed by atoms with Crippen LogP contribution < -0.4 is 0 Å². The molecule has 0 aliphatic heterocycles. The van der Waals surface area contributed by atoms with Crippen LogP contribution >= 0.6 is 39.1 Å². The Morgan fingerprint density at radius 1 is 1.38 bits per heavy atom. The van der Waals surface area contributed by atoms with Gasteiger partial charge in [-0.1, -0.05) is 59.0 Å². The Morgan fingerprint density at radius 2 is 2.00 bits per heavy atom. The molecule has 0 spiro atoms. The second-order valence-corrected chi connectivity index (χ2v) is 4.80. The summed E-state index contributed by atoms with van der Waals surface area (Å²) in [6.45, 7) is 4.19. The van der Waals surface area contributed by atoms with Crippen LogP contribution in [0.5, 0.6) is 0 Å². The van der Waals surface area contributed by atoms with Crippen molar-refractivity contribution in [1.82, 2.24) is 4.98 Å². The summed E-state index contributed by atoms with van der Waals surface area (Å²) in [6.07, 6.45) is 0. The van der Waals surface area contributed by atoms with Gasteiger partial charge in [0.1, 0.15) is 10.3 Å². The molecule has 4 heteroatoms. The normalized spacial score (nSPS) is 11.8. The van der Waals surface area contributed by atoms with Crippen LogP contribution in [0, 0.1) is 0 Å². The van der Waals surface area contributed by atoms with Crippen molar-refractivity contribution in [2.75, 3.05) is 5.33 Å². The Kier molecular flexibility index (Phi) is 3.61. The van der Waals surface area contributed by atoms with Crippen molar-refractivity contribution >= 4 is 39.1 Å². The number of alkyl halides is 1. The molecule has 0 saturated carbocycles. The molecule has 0 fully saturated rings. The van der Waals surface area contributed by atoms with E-state index in [9.17, 15) is 0 Å². The standard InChI is InChI=1S/C9H10BrCl2N/c1-9(2,5-10)6-3-4-7(11)13-8(6)12/h3-4H,5H2,1-2H3. The zero-order chi connectivity index (χ0) is 10.1. The van der Waals surface area contributed by atoms with Gasteiger partial charge in [0.2, 0.25) is 0 Å². The molecule has 72 valence electrons. The number of aromatic nitrogens is 1. The maximum absolute atomic E-state index is 5.98. The molecule has 0 aliphatic carbocycles. The molecule has 13 heavy (non-hydrogen) atoms. The van der Waals surface area contributed by atoms with E-state index >= 15 is 0 Å². The molecule has 0 aliphatic rings. The van der Waals surface area contributed by atoms with Gasteiger partial charge in [-0.25, -0.2) is 4.98 Å². The summed E-state index contributed by atoms with van der Waals surface area (Å²) in [5.41, 5.74) is 0.990. The molecule has 0 amide bonds. The van der Waals surface area contributed by atoms with Crippen molar-refractivity contribution in [3.05, 3.63) is 28.0 Å². The van der Waals surface area contributed by atoms with Crippen LogP contribution in [0.2, 0.25) is 10.3 Å². The molecular formula is C9H10BrCl2N. The fourth-order valence-corrected chi connectivity index (χ4v) is 1.89. The Morgan fingerprint density at radius 3 is 2.46 bits per heavy atom. The first kappa shape index (κ1) is 11.3. The summed E-state index contributed by atoms with van der Waals surface area (Å²) in [7, 11) is 0. The van der Waals surface area contributed by atoms with Crippen LogP contribution in [-0.4, -0.2) is 10.3 Å². The van der Waals surface area contributed by atoms with Gasteiger partial charge in [-0.15, -0.1) is 0 Å². The zero-order valence-corrected chi connectivity index (χ0v) is 10.5. The maximum Gasteiger partial charge on any atom is 0.134 e. The number of halogens is 3. The summed E-state index contributed by atoms with van der Waals surface area (Å²) in [5.74, 6) is 0. The molecule has 1 aromatic rings. The van der Waals surface area contributed by atoms with Crippen LogP contribution in [0.15, 0.2) is 12.1 Å². The quantitative estimate of drug-likeness (QED) is 0.589. The van der Waals surface area contributed by atoms with Gasteiger partial charge in [-0.05, 0) is 11.6 Å². The second-order valence-electron chi connectivity index (χ2n) is 3.49. The third-order valence-electron chi connectivity index (χ3n) is 1.88. The van der Waals surface area contributed by atoms with E-state index in [1.165, 1.54) is 0 Å². The van der Waals surface area contributed by atoms with Gasteiger partial charge < -0.3 is 0 Å². The van der Waals surface area contributed by atoms with E-state index in [2.05, 4.69) is 34.8 Å². The molecule has 0 aromatic carbocycles. The van der Waals surface area contributed by atoms with Gasteiger partial charge in [-0.2, -0.15) is 0 Å². The third kappa shape index (κ3) is 2.58. The summed E-state index contributed by atoms with van der Waals surface area (Å²) >= 11 is 15.1. The van der Waals surface area contributed by atoms with Gasteiger partial charge in [0.05, 0.1) is 0 Å². The summed E-state index contributed by atoms with van der Waals surface area (Å²) in [4.78, 5) is 4.00.